The van der Waals surface area contributed by atoms with Gasteiger partial charge in [-0.05, 0) is 37.1 Å². The minimum Gasteiger partial charge on any atom is -0.468 e. The lowest BCUT2D eigenvalue weighted by Crippen LogP contribution is -2.26. The van der Waals surface area contributed by atoms with Gasteiger partial charge in [0, 0.05) is 4.47 Å². The van der Waals surface area contributed by atoms with Crippen molar-refractivity contribution in [3.05, 3.63) is 33.8 Å². The maximum Gasteiger partial charge on any atom is 0.338 e. The third kappa shape index (κ3) is 3.90. The van der Waals surface area contributed by atoms with Crippen LogP contribution in [-0.2, 0) is 25.5 Å². The number of methoxy groups -OCH3 is 2. The van der Waals surface area contributed by atoms with Gasteiger partial charge in [-0.15, -0.1) is 0 Å². The zero-order valence-corrected chi connectivity index (χ0v) is 13.0. The number of benzene rings is 1. The van der Waals surface area contributed by atoms with E-state index in [4.69, 9.17) is 4.74 Å². The van der Waals surface area contributed by atoms with Crippen molar-refractivity contribution in [1.82, 2.24) is 0 Å². The number of rotatable bonds is 5. The van der Waals surface area contributed by atoms with Crippen LogP contribution in [0.2, 0.25) is 0 Å². The van der Waals surface area contributed by atoms with Crippen LogP contribution in [0.4, 0.5) is 0 Å². The third-order valence-electron chi connectivity index (χ3n) is 2.87. The van der Waals surface area contributed by atoms with E-state index in [0.29, 0.717) is 11.1 Å². The summed E-state index contributed by atoms with van der Waals surface area (Å²) in [5, 5.41) is 0. The van der Waals surface area contributed by atoms with Crippen LogP contribution < -0.4 is 0 Å². The summed E-state index contributed by atoms with van der Waals surface area (Å²) in [6.45, 7) is 1.32. The van der Waals surface area contributed by atoms with Crippen LogP contribution in [0.1, 0.15) is 22.8 Å². The van der Waals surface area contributed by atoms with Gasteiger partial charge in [0.1, 0.15) is 11.7 Å². The first-order valence-corrected chi connectivity index (χ1v) is 6.65. The Bertz CT molecular complexity index is 538. The van der Waals surface area contributed by atoms with Gasteiger partial charge in [-0.1, -0.05) is 15.9 Å². The average Bonchev–Trinajstić information content (AvgIpc) is 2.42. The van der Waals surface area contributed by atoms with Gasteiger partial charge in [0.2, 0.25) is 0 Å². The zero-order chi connectivity index (χ0) is 15.3. The zero-order valence-electron chi connectivity index (χ0n) is 11.4. The van der Waals surface area contributed by atoms with Crippen molar-refractivity contribution in [2.45, 2.75) is 13.3 Å². The average molecular weight is 343 g/mol. The molecule has 1 aromatic carbocycles. The lowest BCUT2D eigenvalue weighted by molar-refractivity contribution is -0.148. The fraction of sp³-hybridized carbons (Fsp3) is 0.357. The molecule has 0 bridgehead atoms. The Morgan fingerprint density at radius 1 is 1.20 bits per heavy atom. The molecule has 0 aliphatic rings. The molecule has 0 aliphatic carbocycles. The van der Waals surface area contributed by atoms with Gasteiger partial charge in [-0.25, -0.2) is 4.79 Å². The molecule has 0 fully saturated rings. The number of ether oxygens (including phenoxy) is 2. The molecular weight excluding hydrogens is 328 g/mol. The van der Waals surface area contributed by atoms with E-state index in [1.165, 1.54) is 21.1 Å². The molecule has 0 saturated heterocycles. The first kappa shape index (κ1) is 16.4. The summed E-state index contributed by atoms with van der Waals surface area (Å²) in [4.78, 5) is 34.9. The van der Waals surface area contributed by atoms with Gasteiger partial charge in [0.05, 0.1) is 19.8 Å². The Labute approximate surface area is 125 Å². The summed E-state index contributed by atoms with van der Waals surface area (Å²) in [5.74, 6) is -2.38. The number of esters is 2. The minimum atomic E-state index is -0.933. The number of hydrogen-bond donors (Lipinski definition) is 0. The van der Waals surface area contributed by atoms with E-state index in [2.05, 4.69) is 20.7 Å². The Morgan fingerprint density at radius 2 is 1.85 bits per heavy atom. The van der Waals surface area contributed by atoms with E-state index < -0.39 is 17.9 Å². The molecule has 0 amide bonds. The molecule has 1 unspecified atom stereocenters. The van der Waals surface area contributed by atoms with Crippen LogP contribution in [-0.4, -0.2) is 31.9 Å². The molecule has 1 aromatic rings. The first-order chi connectivity index (χ1) is 9.40. The Hall–Kier alpha value is -1.69. The summed E-state index contributed by atoms with van der Waals surface area (Å²) < 4.78 is 10.0. The molecule has 20 heavy (non-hydrogen) atoms. The smallest absolute Gasteiger partial charge is 0.338 e. The van der Waals surface area contributed by atoms with Gasteiger partial charge < -0.3 is 9.47 Å². The van der Waals surface area contributed by atoms with Crippen molar-refractivity contribution < 1.29 is 23.9 Å². The van der Waals surface area contributed by atoms with Gasteiger partial charge in [-0.3, -0.25) is 9.59 Å². The minimum absolute atomic E-state index is 0.0892. The number of carbonyl (C=O) groups is 3. The molecule has 0 heterocycles. The monoisotopic (exact) mass is 342 g/mol. The second kappa shape index (κ2) is 7.19. The number of hydrogen-bond acceptors (Lipinski definition) is 5. The van der Waals surface area contributed by atoms with Crippen molar-refractivity contribution in [3.8, 4) is 0 Å². The molecule has 0 radical (unpaired) electrons. The summed E-state index contributed by atoms with van der Waals surface area (Å²) in [7, 11) is 2.50. The fourth-order valence-corrected chi connectivity index (χ4v) is 2.20. The highest BCUT2D eigenvalue weighted by Crippen LogP contribution is 2.21. The third-order valence-corrected chi connectivity index (χ3v) is 3.37. The van der Waals surface area contributed by atoms with Crippen molar-refractivity contribution in [3.63, 3.8) is 0 Å². The van der Waals surface area contributed by atoms with Crippen LogP contribution in [0.5, 0.6) is 0 Å². The molecule has 0 spiro atoms. The maximum atomic E-state index is 11.7. The van der Waals surface area contributed by atoms with E-state index >= 15 is 0 Å². The van der Waals surface area contributed by atoms with Crippen molar-refractivity contribution in [2.75, 3.05) is 14.2 Å². The van der Waals surface area contributed by atoms with Crippen LogP contribution in [0, 0.1) is 5.92 Å². The predicted octanol–water partition coefficient (Wildman–Crippen LogP) is 2.16. The Balaban J connectivity index is 3.17. The fourth-order valence-electron chi connectivity index (χ4n) is 1.80. The summed E-state index contributed by atoms with van der Waals surface area (Å²) in [6, 6.07) is 4.96. The lowest BCUT2D eigenvalue weighted by atomic mass is 9.93. The summed E-state index contributed by atoms with van der Waals surface area (Å²) in [6.07, 6.45) is 0.0892. The van der Waals surface area contributed by atoms with Gasteiger partial charge in [-0.2, -0.15) is 0 Å². The van der Waals surface area contributed by atoms with E-state index in [0.717, 1.165) is 4.47 Å². The molecule has 0 aromatic heterocycles. The molecular formula is C14H15BrO5. The SMILES string of the molecule is COC(=O)c1ccc(Br)cc1CC(C(C)=O)C(=O)OC. The van der Waals surface area contributed by atoms with Crippen LogP contribution >= 0.6 is 15.9 Å². The topological polar surface area (TPSA) is 69.7 Å². The van der Waals surface area contributed by atoms with Crippen molar-refractivity contribution >= 4 is 33.7 Å². The van der Waals surface area contributed by atoms with Gasteiger partial charge in [0.15, 0.2) is 0 Å². The summed E-state index contributed by atoms with van der Waals surface area (Å²) in [5.41, 5.74) is 0.877. The quantitative estimate of drug-likeness (QED) is 0.605. The standard InChI is InChI=1S/C14H15BrO5/c1-8(16)12(14(18)20-3)7-9-6-10(15)4-5-11(9)13(17)19-2/h4-6,12H,7H2,1-3H3. The van der Waals surface area contributed by atoms with Gasteiger partial charge in [0.25, 0.3) is 0 Å². The largest absolute Gasteiger partial charge is 0.468 e. The summed E-state index contributed by atoms with van der Waals surface area (Å²) >= 11 is 3.30. The van der Waals surface area contributed by atoms with Crippen LogP contribution in [0.3, 0.4) is 0 Å². The maximum absolute atomic E-state index is 11.7. The van der Waals surface area contributed by atoms with Crippen LogP contribution in [0.15, 0.2) is 22.7 Å². The number of carbonyl (C=O) groups excluding carboxylic acids is 3. The normalized spacial score (nSPS) is 11.6. The predicted molar refractivity (Wildman–Crippen MR) is 75.4 cm³/mol. The van der Waals surface area contributed by atoms with Gasteiger partial charge >= 0.3 is 11.9 Å². The Morgan fingerprint density at radius 3 is 2.35 bits per heavy atom. The molecule has 5 nitrogen and oxygen atoms in total. The molecule has 0 N–H and O–H groups in total. The first-order valence-electron chi connectivity index (χ1n) is 5.85. The molecule has 0 saturated carbocycles. The molecule has 1 rings (SSSR count). The second-order valence-electron chi connectivity index (χ2n) is 4.18. The number of ketones is 1. The van der Waals surface area contributed by atoms with Crippen molar-refractivity contribution in [1.29, 1.82) is 0 Å². The van der Waals surface area contributed by atoms with E-state index in [1.807, 2.05) is 0 Å². The van der Waals surface area contributed by atoms with E-state index in [-0.39, 0.29) is 12.2 Å². The Kier molecular flexibility index (Phi) is 5.88. The van der Waals surface area contributed by atoms with Crippen LogP contribution in [0.25, 0.3) is 0 Å². The molecule has 0 aliphatic heterocycles. The number of Topliss-reactive ketones (excluding diaryl/α,β-unsaturated/α-hetero) is 1. The second-order valence-corrected chi connectivity index (χ2v) is 5.10. The molecule has 6 heteroatoms. The molecule has 108 valence electrons. The highest BCUT2D eigenvalue weighted by molar-refractivity contribution is 9.10. The lowest BCUT2D eigenvalue weighted by Gasteiger charge is -2.14. The highest BCUT2D eigenvalue weighted by atomic mass is 79.9. The number of halogens is 1. The highest BCUT2D eigenvalue weighted by Gasteiger charge is 2.26. The van der Waals surface area contributed by atoms with E-state index in [9.17, 15) is 14.4 Å². The van der Waals surface area contributed by atoms with Crippen molar-refractivity contribution in [2.24, 2.45) is 5.92 Å². The van der Waals surface area contributed by atoms with E-state index in [1.54, 1.807) is 18.2 Å². The molecule has 1 atom stereocenters.